The molecule has 1 rings (SSSR count). The SMILES string of the molecule is CCc1ccc(CNC(C)CC(C)O)s1. The Balaban J connectivity index is 2.30. The molecule has 0 aromatic carbocycles. The second-order valence-corrected chi connectivity index (χ2v) is 5.34. The molecule has 0 aliphatic rings. The third-order valence-electron chi connectivity index (χ3n) is 2.39. The molecule has 3 heteroatoms. The van der Waals surface area contributed by atoms with Crippen LogP contribution in [0.3, 0.4) is 0 Å². The van der Waals surface area contributed by atoms with Crippen molar-refractivity contribution >= 4 is 11.3 Å². The van der Waals surface area contributed by atoms with Crippen LogP contribution in [0.25, 0.3) is 0 Å². The van der Waals surface area contributed by atoms with E-state index < -0.39 is 0 Å². The molecule has 0 fully saturated rings. The predicted octanol–water partition coefficient (Wildman–Crippen LogP) is 2.56. The van der Waals surface area contributed by atoms with Gasteiger partial charge in [-0.05, 0) is 38.8 Å². The molecule has 2 N–H and O–H groups in total. The molecule has 2 nitrogen and oxygen atoms in total. The fourth-order valence-electron chi connectivity index (χ4n) is 1.58. The van der Waals surface area contributed by atoms with Gasteiger partial charge in [-0.25, -0.2) is 0 Å². The summed E-state index contributed by atoms with van der Waals surface area (Å²) in [4.78, 5) is 2.82. The maximum atomic E-state index is 9.22. The van der Waals surface area contributed by atoms with Crippen molar-refractivity contribution in [3.8, 4) is 0 Å². The monoisotopic (exact) mass is 227 g/mol. The average molecular weight is 227 g/mol. The minimum absolute atomic E-state index is 0.220. The zero-order valence-electron chi connectivity index (χ0n) is 9.79. The molecule has 0 saturated carbocycles. The van der Waals surface area contributed by atoms with E-state index in [-0.39, 0.29) is 6.10 Å². The van der Waals surface area contributed by atoms with Crippen LogP contribution in [0, 0.1) is 0 Å². The molecule has 0 spiro atoms. The van der Waals surface area contributed by atoms with E-state index in [1.807, 2.05) is 18.3 Å². The quantitative estimate of drug-likeness (QED) is 0.783. The lowest BCUT2D eigenvalue weighted by atomic mass is 10.1. The van der Waals surface area contributed by atoms with Crippen LogP contribution in [0.5, 0.6) is 0 Å². The van der Waals surface area contributed by atoms with Gasteiger partial charge in [-0.1, -0.05) is 6.92 Å². The number of hydrogen-bond acceptors (Lipinski definition) is 3. The summed E-state index contributed by atoms with van der Waals surface area (Å²) in [7, 11) is 0. The fourth-order valence-corrected chi connectivity index (χ4v) is 2.49. The number of nitrogens with one attached hydrogen (secondary N) is 1. The minimum atomic E-state index is -0.220. The fraction of sp³-hybridized carbons (Fsp3) is 0.667. The van der Waals surface area contributed by atoms with Gasteiger partial charge in [0.2, 0.25) is 0 Å². The van der Waals surface area contributed by atoms with E-state index in [1.165, 1.54) is 9.75 Å². The molecular weight excluding hydrogens is 206 g/mol. The Morgan fingerprint density at radius 3 is 2.53 bits per heavy atom. The van der Waals surface area contributed by atoms with E-state index in [1.54, 1.807) is 0 Å². The Kier molecular flexibility index (Phi) is 5.29. The Hall–Kier alpha value is -0.380. The molecule has 86 valence electrons. The van der Waals surface area contributed by atoms with Gasteiger partial charge >= 0.3 is 0 Å². The second kappa shape index (κ2) is 6.26. The Morgan fingerprint density at radius 2 is 2.00 bits per heavy atom. The van der Waals surface area contributed by atoms with E-state index in [9.17, 15) is 5.11 Å². The predicted molar refractivity (Wildman–Crippen MR) is 66.3 cm³/mol. The van der Waals surface area contributed by atoms with E-state index >= 15 is 0 Å². The molecule has 2 atom stereocenters. The summed E-state index contributed by atoms with van der Waals surface area (Å²) in [5, 5.41) is 12.6. The van der Waals surface area contributed by atoms with Gasteiger partial charge in [-0.2, -0.15) is 0 Å². The van der Waals surface area contributed by atoms with E-state index in [0.717, 1.165) is 19.4 Å². The van der Waals surface area contributed by atoms with Crippen LogP contribution in [0.1, 0.15) is 36.9 Å². The van der Waals surface area contributed by atoms with Crippen LogP contribution in [0.15, 0.2) is 12.1 Å². The lowest BCUT2D eigenvalue weighted by Gasteiger charge is -2.14. The van der Waals surface area contributed by atoms with Gasteiger partial charge in [0.05, 0.1) is 6.10 Å². The van der Waals surface area contributed by atoms with Crippen LogP contribution < -0.4 is 5.32 Å². The van der Waals surface area contributed by atoms with Crippen molar-refractivity contribution in [2.24, 2.45) is 0 Å². The smallest absolute Gasteiger partial charge is 0.0526 e. The molecule has 0 aliphatic heterocycles. The van der Waals surface area contributed by atoms with Crippen molar-refractivity contribution < 1.29 is 5.11 Å². The van der Waals surface area contributed by atoms with E-state index in [0.29, 0.717) is 6.04 Å². The summed E-state index contributed by atoms with van der Waals surface area (Å²) in [6.07, 6.45) is 1.71. The van der Waals surface area contributed by atoms with Crippen LogP contribution >= 0.6 is 11.3 Å². The zero-order valence-corrected chi connectivity index (χ0v) is 10.6. The standard InChI is InChI=1S/C12H21NOS/c1-4-11-5-6-12(15-11)8-13-9(2)7-10(3)14/h5-6,9-10,13-14H,4,7-8H2,1-3H3. The van der Waals surface area contributed by atoms with E-state index in [4.69, 9.17) is 0 Å². The van der Waals surface area contributed by atoms with Crippen LogP contribution in [-0.4, -0.2) is 17.3 Å². The van der Waals surface area contributed by atoms with Crippen molar-refractivity contribution in [2.45, 2.75) is 52.3 Å². The van der Waals surface area contributed by atoms with Crippen LogP contribution in [0.2, 0.25) is 0 Å². The van der Waals surface area contributed by atoms with Gasteiger partial charge in [0.1, 0.15) is 0 Å². The lowest BCUT2D eigenvalue weighted by molar-refractivity contribution is 0.170. The number of aliphatic hydroxyl groups is 1. The number of hydrogen-bond donors (Lipinski definition) is 2. The van der Waals surface area contributed by atoms with Gasteiger partial charge in [0.15, 0.2) is 0 Å². The third kappa shape index (κ3) is 4.78. The number of thiophene rings is 1. The first-order valence-corrected chi connectivity index (χ1v) is 6.42. The molecule has 1 aromatic rings. The highest BCUT2D eigenvalue weighted by molar-refractivity contribution is 7.11. The van der Waals surface area contributed by atoms with E-state index in [2.05, 4.69) is 31.3 Å². The van der Waals surface area contributed by atoms with Crippen molar-refractivity contribution in [3.05, 3.63) is 21.9 Å². The van der Waals surface area contributed by atoms with Crippen LogP contribution in [0.4, 0.5) is 0 Å². The summed E-state index contributed by atoms with van der Waals surface area (Å²) in [5.74, 6) is 0. The highest BCUT2D eigenvalue weighted by Gasteiger charge is 2.06. The minimum Gasteiger partial charge on any atom is -0.393 e. The van der Waals surface area contributed by atoms with Gasteiger partial charge in [-0.15, -0.1) is 11.3 Å². The molecule has 15 heavy (non-hydrogen) atoms. The molecule has 0 aliphatic carbocycles. The highest BCUT2D eigenvalue weighted by Crippen LogP contribution is 2.16. The maximum Gasteiger partial charge on any atom is 0.0526 e. The zero-order chi connectivity index (χ0) is 11.3. The molecule has 0 radical (unpaired) electrons. The maximum absolute atomic E-state index is 9.22. The Labute approximate surface area is 96.3 Å². The van der Waals surface area contributed by atoms with Gasteiger partial charge in [0, 0.05) is 22.3 Å². The summed E-state index contributed by atoms with van der Waals surface area (Å²) in [5.41, 5.74) is 0. The molecule has 0 amide bonds. The topological polar surface area (TPSA) is 32.3 Å². The second-order valence-electron chi connectivity index (χ2n) is 4.09. The summed E-state index contributed by atoms with van der Waals surface area (Å²) in [6, 6.07) is 4.75. The Bertz CT molecular complexity index is 283. The molecule has 1 aromatic heterocycles. The Morgan fingerprint density at radius 1 is 1.33 bits per heavy atom. The van der Waals surface area contributed by atoms with Crippen molar-refractivity contribution in [2.75, 3.05) is 0 Å². The number of aliphatic hydroxyl groups excluding tert-OH is 1. The van der Waals surface area contributed by atoms with Crippen molar-refractivity contribution in [1.29, 1.82) is 0 Å². The largest absolute Gasteiger partial charge is 0.393 e. The molecular formula is C12H21NOS. The normalized spacial score (nSPS) is 15.2. The van der Waals surface area contributed by atoms with Crippen LogP contribution in [-0.2, 0) is 13.0 Å². The first-order chi connectivity index (χ1) is 7.11. The van der Waals surface area contributed by atoms with Gasteiger partial charge in [0.25, 0.3) is 0 Å². The highest BCUT2D eigenvalue weighted by atomic mass is 32.1. The van der Waals surface area contributed by atoms with Crippen molar-refractivity contribution in [3.63, 3.8) is 0 Å². The first kappa shape index (κ1) is 12.7. The molecule has 0 bridgehead atoms. The summed E-state index contributed by atoms with van der Waals surface area (Å²) in [6.45, 7) is 7.04. The first-order valence-electron chi connectivity index (χ1n) is 5.60. The lowest BCUT2D eigenvalue weighted by Crippen LogP contribution is -2.28. The van der Waals surface area contributed by atoms with Gasteiger partial charge in [-0.3, -0.25) is 0 Å². The van der Waals surface area contributed by atoms with Crippen molar-refractivity contribution in [1.82, 2.24) is 5.32 Å². The average Bonchev–Trinajstić information content (AvgIpc) is 2.61. The number of rotatable bonds is 6. The summed E-state index contributed by atoms with van der Waals surface area (Å²) >= 11 is 1.87. The molecule has 0 saturated heterocycles. The number of aryl methyl sites for hydroxylation is 1. The molecule has 2 unspecified atom stereocenters. The molecule has 1 heterocycles. The third-order valence-corrected chi connectivity index (χ3v) is 3.61. The van der Waals surface area contributed by atoms with Gasteiger partial charge < -0.3 is 10.4 Å². The summed E-state index contributed by atoms with van der Waals surface area (Å²) < 4.78 is 0.